The molecule has 43 heavy (non-hydrogen) atoms. The molecule has 5 rings (SSSR count). The first-order chi connectivity index (χ1) is 20.8. The summed E-state index contributed by atoms with van der Waals surface area (Å²) >= 11 is 2.15. The summed E-state index contributed by atoms with van der Waals surface area (Å²) in [5.41, 5.74) is 7.45. The van der Waals surface area contributed by atoms with Crippen LogP contribution < -0.4 is 14.9 Å². The fraction of sp³-hybridized carbons (Fsp3) is 0.125. The van der Waals surface area contributed by atoms with Crippen LogP contribution in [0.2, 0.25) is 0 Å². The molecule has 0 radical (unpaired) electrons. The van der Waals surface area contributed by atoms with Crippen LogP contribution in [-0.2, 0) is 13.2 Å². The molecule has 0 atom stereocenters. The second-order valence-corrected chi connectivity index (χ2v) is 10.8. The van der Waals surface area contributed by atoms with Gasteiger partial charge >= 0.3 is 5.91 Å². The summed E-state index contributed by atoms with van der Waals surface area (Å²) < 4.78 is 20.3. The molecule has 0 fully saturated rings. The maximum absolute atomic E-state index is 12.5. The number of aryl methyl sites for hydroxylation is 2. The number of non-ortho nitro benzene ring substituents is 1. The summed E-state index contributed by atoms with van der Waals surface area (Å²) in [4.78, 5) is 22.9. The van der Waals surface area contributed by atoms with Crippen LogP contribution in [0.5, 0.6) is 11.5 Å². The zero-order valence-corrected chi connectivity index (χ0v) is 25.5. The number of carbonyl (C=O) groups excluding carboxylic acids is 1. The maximum Gasteiger partial charge on any atom is 0.307 e. The van der Waals surface area contributed by atoms with Gasteiger partial charge in [0.25, 0.3) is 5.69 Å². The number of furan rings is 1. The predicted octanol–water partition coefficient (Wildman–Crippen LogP) is 7.12. The summed E-state index contributed by atoms with van der Waals surface area (Å²) in [7, 11) is 0. The van der Waals surface area contributed by atoms with Crippen molar-refractivity contribution in [1.82, 2.24) is 9.99 Å². The zero-order chi connectivity index (χ0) is 30.3. The smallest absolute Gasteiger partial charge is 0.307 e. The van der Waals surface area contributed by atoms with Crippen LogP contribution >= 0.6 is 22.6 Å². The Morgan fingerprint density at radius 2 is 1.67 bits per heavy atom. The highest BCUT2D eigenvalue weighted by molar-refractivity contribution is 14.1. The van der Waals surface area contributed by atoms with Gasteiger partial charge in [0, 0.05) is 29.2 Å². The van der Waals surface area contributed by atoms with Crippen LogP contribution in [0.3, 0.4) is 0 Å². The lowest BCUT2D eigenvalue weighted by Gasteiger charge is -2.10. The van der Waals surface area contributed by atoms with Crippen molar-refractivity contribution >= 4 is 40.4 Å². The van der Waals surface area contributed by atoms with Gasteiger partial charge in [-0.15, -0.1) is 0 Å². The molecule has 0 aliphatic rings. The lowest BCUT2D eigenvalue weighted by atomic mass is 10.2. The molecule has 5 aromatic rings. The lowest BCUT2D eigenvalue weighted by Crippen LogP contribution is -2.16. The molecule has 0 spiro atoms. The number of ether oxygens (including phenoxy) is 2. The Hall–Kier alpha value is -4.91. The van der Waals surface area contributed by atoms with Gasteiger partial charge in [0.2, 0.25) is 0 Å². The van der Waals surface area contributed by atoms with E-state index in [1.807, 2.05) is 30.3 Å². The highest BCUT2D eigenvalue weighted by Gasteiger charge is 2.12. The lowest BCUT2D eigenvalue weighted by molar-refractivity contribution is -0.384. The van der Waals surface area contributed by atoms with Gasteiger partial charge in [0.05, 0.1) is 14.7 Å². The third-order valence-electron chi connectivity index (χ3n) is 6.51. The predicted molar refractivity (Wildman–Crippen MR) is 170 cm³/mol. The number of amides is 1. The molecule has 2 heterocycles. The molecule has 0 bridgehead atoms. The highest BCUT2D eigenvalue weighted by atomic mass is 127. The van der Waals surface area contributed by atoms with Crippen LogP contribution in [0.1, 0.15) is 38.8 Å². The standard InChI is InChI=1S/C32H27IN4O6/c1-21-3-4-22(2)36(21)25-10-12-27(13-11-25)41-20-28-14-16-31(43-28)32(38)35-34-18-24-7-15-30(29(33)17-24)42-19-23-5-8-26(9-6-23)37(39)40/h3-18H,19-20H2,1-2H3,(H,35,38)/b34-18+. The molecule has 2 aromatic heterocycles. The van der Waals surface area contributed by atoms with Crippen LogP contribution in [0, 0.1) is 27.5 Å². The average molecular weight is 690 g/mol. The first kappa shape index (κ1) is 29.6. The summed E-state index contributed by atoms with van der Waals surface area (Å²) in [6, 6.07) is 26.9. The number of hydrogen-bond donors (Lipinski definition) is 1. The van der Waals surface area contributed by atoms with Gasteiger partial charge in [-0.25, -0.2) is 5.43 Å². The third kappa shape index (κ3) is 7.49. The van der Waals surface area contributed by atoms with Crippen molar-refractivity contribution in [3.8, 4) is 17.2 Å². The van der Waals surface area contributed by atoms with Crippen molar-refractivity contribution in [2.75, 3.05) is 0 Å². The quantitative estimate of drug-likeness (QED) is 0.0682. The second kappa shape index (κ2) is 13.4. The van der Waals surface area contributed by atoms with Gasteiger partial charge in [-0.1, -0.05) is 0 Å². The Labute approximate surface area is 261 Å². The SMILES string of the molecule is Cc1ccc(C)n1-c1ccc(OCc2ccc(C(=O)N/N=C/c3ccc(OCc4ccc([N+](=O)[O-])cc4)c(I)c3)o2)cc1. The number of nitro benzene ring substituents is 1. The highest BCUT2D eigenvalue weighted by Crippen LogP contribution is 2.24. The fourth-order valence-corrected chi connectivity index (χ4v) is 5.00. The molecule has 0 aliphatic heterocycles. The molecule has 1 N–H and O–H groups in total. The van der Waals surface area contributed by atoms with E-state index >= 15 is 0 Å². The topological polar surface area (TPSA) is 121 Å². The molecule has 218 valence electrons. The number of nitrogens with one attached hydrogen (secondary N) is 1. The third-order valence-corrected chi connectivity index (χ3v) is 7.35. The Kier molecular flexibility index (Phi) is 9.20. The van der Waals surface area contributed by atoms with Gasteiger partial charge in [-0.2, -0.15) is 5.10 Å². The maximum atomic E-state index is 12.5. The molecule has 10 nitrogen and oxygen atoms in total. The van der Waals surface area contributed by atoms with Crippen LogP contribution in [0.25, 0.3) is 5.69 Å². The van der Waals surface area contributed by atoms with Gasteiger partial charge < -0.3 is 18.5 Å². The van der Waals surface area contributed by atoms with E-state index < -0.39 is 10.8 Å². The van der Waals surface area contributed by atoms with E-state index in [0.29, 0.717) is 17.3 Å². The van der Waals surface area contributed by atoms with Gasteiger partial charge in [0.15, 0.2) is 5.76 Å². The number of rotatable bonds is 11. The monoisotopic (exact) mass is 690 g/mol. The van der Waals surface area contributed by atoms with E-state index in [1.165, 1.54) is 18.3 Å². The summed E-state index contributed by atoms with van der Waals surface area (Å²) in [6.07, 6.45) is 1.52. The number of halogens is 1. The molecule has 1 amide bonds. The largest absolute Gasteiger partial charge is 0.488 e. The first-order valence-corrected chi connectivity index (χ1v) is 14.3. The van der Waals surface area contributed by atoms with E-state index in [1.54, 1.807) is 36.4 Å². The molecular formula is C32H27IN4O6. The molecule has 0 saturated heterocycles. The Bertz CT molecular complexity index is 1760. The van der Waals surface area contributed by atoms with E-state index in [-0.39, 0.29) is 24.7 Å². The molecule has 3 aromatic carbocycles. The zero-order valence-electron chi connectivity index (χ0n) is 23.3. The minimum Gasteiger partial charge on any atom is -0.488 e. The van der Waals surface area contributed by atoms with E-state index in [9.17, 15) is 14.9 Å². The van der Waals surface area contributed by atoms with Crippen LogP contribution in [0.15, 0.2) is 101 Å². The van der Waals surface area contributed by atoms with Crippen LogP contribution in [0.4, 0.5) is 5.69 Å². The number of benzene rings is 3. The van der Waals surface area contributed by atoms with Crippen molar-refractivity contribution < 1.29 is 23.6 Å². The fourth-order valence-electron chi connectivity index (χ4n) is 4.31. The molecular weight excluding hydrogens is 663 g/mol. The second-order valence-electron chi connectivity index (χ2n) is 9.60. The molecule has 11 heteroatoms. The molecule has 0 unspecified atom stereocenters. The van der Waals surface area contributed by atoms with E-state index in [4.69, 9.17) is 13.9 Å². The van der Waals surface area contributed by atoms with Crippen molar-refractivity contribution in [2.24, 2.45) is 5.10 Å². The number of nitrogens with zero attached hydrogens (tertiary/aromatic N) is 3. The minimum absolute atomic E-state index is 0.0338. The van der Waals surface area contributed by atoms with Crippen molar-refractivity contribution in [2.45, 2.75) is 27.1 Å². The Morgan fingerprint density at radius 3 is 2.35 bits per heavy atom. The van der Waals surface area contributed by atoms with E-state index in [0.717, 1.165) is 31.8 Å². The first-order valence-electron chi connectivity index (χ1n) is 13.2. The van der Waals surface area contributed by atoms with Crippen LogP contribution in [-0.4, -0.2) is 21.6 Å². The normalized spacial score (nSPS) is 11.0. The van der Waals surface area contributed by atoms with Gasteiger partial charge in [-0.3, -0.25) is 14.9 Å². The van der Waals surface area contributed by atoms with Gasteiger partial charge in [0.1, 0.15) is 30.5 Å². The van der Waals surface area contributed by atoms with Gasteiger partial charge in [-0.05, 0) is 126 Å². The number of aromatic nitrogens is 1. The summed E-state index contributed by atoms with van der Waals surface area (Å²) in [5, 5.41) is 14.8. The Morgan fingerprint density at radius 1 is 0.953 bits per heavy atom. The Balaban J connectivity index is 1.09. The average Bonchev–Trinajstić information content (AvgIpc) is 3.62. The molecule has 0 aliphatic carbocycles. The van der Waals surface area contributed by atoms with Crippen molar-refractivity contribution in [3.05, 3.63) is 139 Å². The number of hydrazone groups is 1. The number of hydrogen-bond acceptors (Lipinski definition) is 7. The van der Waals surface area contributed by atoms with Crippen molar-refractivity contribution in [3.63, 3.8) is 0 Å². The summed E-state index contributed by atoms with van der Waals surface area (Å²) in [6.45, 7) is 4.58. The summed E-state index contributed by atoms with van der Waals surface area (Å²) in [5.74, 6) is 1.49. The number of nitro groups is 1. The number of carbonyl (C=O) groups is 1. The molecule has 0 saturated carbocycles. The minimum atomic E-state index is -0.484. The van der Waals surface area contributed by atoms with E-state index in [2.05, 4.69) is 63.7 Å². The van der Waals surface area contributed by atoms with Crippen molar-refractivity contribution in [1.29, 1.82) is 0 Å².